The second-order valence-corrected chi connectivity index (χ2v) is 8.53. The number of nitrogens with two attached hydrogens (primary N) is 1. The molecule has 0 spiro atoms. The molecule has 8 heteroatoms. The highest BCUT2D eigenvalue weighted by Gasteiger charge is 2.45. The van der Waals surface area contributed by atoms with Crippen molar-refractivity contribution in [2.45, 2.75) is 23.8 Å². The summed E-state index contributed by atoms with van der Waals surface area (Å²) in [7, 11) is -3.55. The molecule has 1 saturated heterocycles. The number of nitrogens with zero attached hydrogens (tertiary/aromatic N) is 3. The molecule has 6 nitrogen and oxygen atoms in total. The summed E-state index contributed by atoms with van der Waals surface area (Å²) in [5, 5.41) is 0. The largest absolute Gasteiger partial charge is 0.327 e. The van der Waals surface area contributed by atoms with E-state index in [1.807, 2.05) is 30.3 Å². The zero-order chi connectivity index (χ0) is 16.7. The van der Waals surface area contributed by atoms with E-state index in [1.165, 1.54) is 12.4 Å². The molecule has 2 heterocycles. The van der Waals surface area contributed by atoms with Gasteiger partial charge in [0.2, 0.25) is 10.0 Å². The van der Waals surface area contributed by atoms with Crippen molar-refractivity contribution < 1.29 is 8.42 Å². The molecular weight excluding hydrogens is 360 g/mol. The third-order valence-electron chi connectivity index (χ3n) is 5.18. The van der Waals surface area contributed by atoms with E-state index in [0.717, 1.165) is 18.4 Å². The van der Waals surface area contributed by atoms with Crippen LogP contribution in [0.1, 0.15) is 12.8 Å². The highest BCUT2D eigenvalue weighted by molar-refractivity contribution is 7.89. The van der Waals surface area contributed by atoms with E-state index >= 15 is 0 Å². The van der Waals surface area contributed by atoms with Crippen LogP contribution in [0.4, 0.5) is 0 Å². The quantitative estimate of drug-likeness (QED) is 0.878. The average molecular weight is 381 g/mol. The molecule has 1 aliphatic heterocycles. The lowest BCUT2D eigenvalue weighted by Crippen LogP contribution is -2.33. The first-order chi connectivity index (χ1) is 11.6. The van der Waals surface area contributed by atoms with Crippen molar-refractivity contribution in [2.75, 3.05) is 13.1 Å². The Labute approximate surface area is 153 Å². The zero-order valence-electron chi connectivity index (χ0n) is 13.7. The number of aromatic nitrogens is 2. The molecular formula is C17H21ClN4O2S. The van der Waals surface area contributed by atoms with Gasteiger partial charge in [-0.1, -0.05) is 30.3 Å². The maximum absolute atomic E-state index is 12.8. The summed E-state index contributed by atoms with van der Waals surface area (Å²) in [5.74, 6) is 1.19. The Hall–Kier alpha value is -1.54. The Morgan fingerprint density at radius 3 is 2.36 bits per heavy atom. The van der Waals surface area contributed by atoms with Crippen molar-refractivity contribution >= 4 is 22.4 Å². The van der Waals surface area contributed by atoms with Gasteiger partial charge in [-0.2, -0.15) is 4.31 Å². The second-order valence-electron chi connectivity index (χ2n) is 6.60. The molecule has 134 valence electrons. The SMILES string of the molecule is Cl.NC1CCC2CN(S(=O)(=O)c3cnc(-c4ccccc4)nc3)CC12. The van der Waals surface area contributed by atoms with Gasteiger partial charge in [-0.15, -0.1) is 12.4 Å². The maximum atomic E-state index is 12.8. The van der Waals surface area contributed by atoms with Crippen LogP contribution in [-0.2, 0) is 10.0 Å². The van der Waals surface area contributed by atoms with Gasteiger partial charge in [-0.05, 0) is 24.7 Å². The predicted octanol–water partition coefficient (Wildman–Crippen LogP) is 1.92. The van der Waals surface area contributed by atoms with Gasteiger partial charge in [-0.3, -0.25) is 0 Å². The molecule has 2 aromatic rings. The summed E-state index contributed by atoms with van der Waals surface area (Å²) < 4.78 is 27.2. The first-order valence-corrected chi connectivity index (χ1v) is 9.63. The lowest BCUT2D eigenvalue weighted by Gasteiger charge is -2.18. The van der Waals surface area contributed by atoms with Crippen LogP contribution in [-0.4, -0.2) is 41.8 Å². The van der Waals surface area contributed by atoms with Crippen LogP contribution in [0.3, 0.4) is 0 Å². The van der Waals surface area contributed by atoms with Crippen LogP contribution in [0.25, 0.3) is 11.4 Å². The van der Waals surface area contributed by atoms with Gasteiger partial charge in [0.25, 0.3) is 0 Å². The lowest BCUT2D eigenvalue weighted by atomic mass is 9.98. The minimum atomic E-state index is -3.55. The van der Waals surface area contributed by atoms with Crippen LogP contribution < -0.4 is 5.73 Å². The highest BCUT2D eigenvalue weighted by atomic mass is 35.5. The molecule has 1 aromatic carbocycles. The molecule has 2 N–H and O–H groups in total. The smallest absolute Gasteiger partial charge is 0.246 e. The molecule has 4 rings (SSSR count). The lowest BCUT2D eigenvalue weighted by molar-refractivity contribution is 0.427. The minimum Gasteiger partial charge on any atom is -0.327 e. The predicted molar refractivity (Wildman–Crippen MR) is 97.7 cm³/mol. The molecule has 3 unspecified atom stereocenters. The average Bonchev–Trinajstić information content (AvgIpc) is 3.19. The van der Waals surface area contributed by atoms with Crippen molar-refractivity contribution in [1.82, 2.24) is 14.3 Å². The Morgan fingerprint density at radius 1 is 1.04 bits per heavy atom. The first-order valence-electron chi connectivity index (χ1n) is 8.19. The third kappa shape index (κ3) is 3.29. The zero-order valence-corrected chi connectivity index (χ0v) is 15.3. The molecule has 25 heavy (non-hydrogen) atoms. The molecule has 1 aliphatic carbocycles. The number of hydrogen-bond acceptors (Lipinski definition) is 5. The van der Waals surface area contributed by atoms with E-state index in [2.05, 4.69) is 9.97 Å². The summed E-state index contributed by atoms with van der Waals surface area (Å²) in [6.45, 7) is 1.07. The highest BCUT2D eigenvalue weighted by Crippen LogP contribution is 2.39. The first kappa shape index (κ1) is 18.3. The van der Waals surface area contributed by atoms with Crippen LogP contribution in [0.5, 0.6) is 0 Å². The van der Waals surface area contributed by atoms with Gasteiger partial charge >= 0.3 is 0 Å². The number of hydrogen-bond donors (Lipinski definition) is 1. The van der Waals surface area contributed by atoms with Gasteiger partial charge < -0.3 is 5.73 Å². The van der Waals surface area contributed by atoms with Crippen molar-refractivity contribution in [3.05, 3.63) is 42.7 Å². The molecule has 0 amide bonds. The standard InChI is InChI=1S/C17H20N4O2S.ClH/c18-16-7-6-13-10-21(11-15(13)16)24(22,23)14-8-19-17(20-9-14)12-4-2-1-3-5-12;/h1-5,8-9,13,15-16H,6-7,10-11,18H2;1H. The topological polar surface area (TPSA) is 89.2 Å². The monoisotopic (exact) mass is 380 g/mol. The molecule has 0 radical (unpaired) electrons. The van der Waals surface area contributed by atoms with E-state index in [9.17, 15) is 8.42 Å². The number of benzene rings is 1. The molecule has 0 bridgehead atoms. The summed E-state index contributed by atoms with van der Waals surface area (Å²) in [6, 6.07) is 9.62. The van der Waals surface area contributed by atoms with Gasteiger partial charge in [0.05, 0.1) is 12.4 Å². The second kappa shape index (κ2) is 6.99. The van der Waals surface area contributed by atoms with Gasteiger partial charge in [-0.25, -0.2) is 18.4 Å². The summed E-state index contributed by atoms with van der Waals surface area (Å²) >= 11 is 0. The van der Waals surface area contributed by atoms with Crippen molar-refractivity contribution in [3.63, 3.8) is 0 Å². The van der Waals surface area contributed by atoms with Crippen molar-refractivity contribution in [1.29, 1.82) is 0 Å². The minimum absolute atomic E-state index is 0. The van der Waals surface area contributed by atoms with E-state index < -0.39 is 10.0 Å². The summed E-state index contributed by atoms with van der Waals surface area (Å²) in [6.07, 6.45) is 4.82. The van der Waals surface area contributed by atoms with E-state index in [4.69, 9.17) is 5.73 Å². The number of fused-ring (bicyclic) bond motifs is 1. The molecule has 3 atom stereocenters. The van der Waals surface area contributed by atoms with Crippen molar-refractivity contribution in [3.8, 4) is 11.4 Å². The Bertz CT molecular complexity index is 829. The number of sulfonamides is 1. The normalized spacial score (nSPS) is 26.2. The fraction of sp³-hybridized carbons (Fsp3) is 0.412. The van der Waals surface area contributed by atoms with E-state index in [1.54, 1.807) is 4.31 Å². The number of halogens is 1. The van der Waals surface area contributed by atoms with Gasteiger partial charge in [0.1, 0.15) is 4.90 Å². The fourth-order valence-corrected chi connectivity index (χ4v) is 5.22. The van der Waals surface area contributed by atoms with Gasteiger partial charge in [0, 0.05) is 24.7 Å². The van der Waals surface area contributed by atoms with E-state index in [0.29, 0.717) is 24.8 Å². The van der Waals surface area contributed by atoms with Crippen LogP contribution in [0.15, 0.2) is 47.6 Å². The molecule has 2 fully saturated rings. The van der Waals surface area contributed by atoms with Crippen LogP contribution in [0, 0.1) is 11.8 Å². The van der Waals surface area contributed by atoms with Crippen LogP contribution in [0.2, 0.25) is 0 Å². The number of rotatable bonds is 3. The maximum Gasteiger partial charge on any atom is 0.246 e. The molecule has 1 aromatic heterocycles. The molecule has 1 saturated carbocycles. The van der Waals surface area contributed by atoms with E-state index in [-0.39, 0.29) is 29.3 Å². The summed E-state index contributed by atoms with van der Waals surface area (Å²) in [5.41, 5.74) is 6.97. The molecule has 2 aliphatic rings. The fourth-order valence-electron chi connectivity index (χ4n) is 3.80. The third-order valence-corrected chi connectivity index (χ3v) is 6.96. The Balaban J connectivity index is 0.00000182. The Kier molecular flexibility index (Phi) is 5.11. The van der Waals surface area contributed by atoms with Crippen LogP contribution >= 0.6 is 12.4 Å². The van der Waals surface area contributed by atoms with Crippen molar-refractivity contribution in [2.24, 2.45) is 17.6 Å². The Morgan fingerprint density at radius 2 is 1.72 bits per heavy atom. The summed E-state index contributed by atoms with van der Waals surface area (Å²) in [4.78, 5) is 8.61. The van der Waals surface area contributed by atoms with Gasteiger partial charge in [0.15, 0.2) is 5.82 Å².